The SMILES string of the molecule is C=CCSc1nc2c(c(=O)[nH]1)[C@@H](c1cc(C)ccc1C)CC(=O)N2. The Morgan fingerprint density at radius 1 is 1.38 bits per heavy atom. The Morgan fingerprint density at radius 3 is 2.92 bits per heavy atom. The van der Waals surface area contributed by atoms with Gasteiger partial charge >= 0.3 is 0 Å². The van der Waals surface area contributed by atoms with Crippen molar-refractivity contribution in [2.75, 3.05) is 11.1 Å². The second kappa shape index (κ2) is 6.65. The molecule has 3 rings (SSSR count). The van der Waals surface area contributed by atoms with E-state index in [0.717, 1.165) is 16.7 Å². The van der Waals surface area contributed by atoms with Crippen LogP contribution in [-0.4, -0.2) is 21.6 Å². The molecule has 5 nitrogen and oxygen atoms in total. The van der Waals surface area contributed by atoms with Crippen LogP contribution >= 0.6 is 11.8 Å². The molecule has 1 aromatic carbocycles. The molecule has 1 aliphatic rings. The molecule has 24 heavy (non-hydrogen) atoms. The summed E-state index contributed by atoms with van der Waals surface area (Å²) in [4.78, 5) is 32.0. The highest BCUT2D eigenvalue weighted by Crippen LogP contribution is 2.36. The van der Waals surface area contributed by atoms with E-state index < -0.39 is 0 Å². The van der Waals surface area contributed by atoms with Gasteiger partial charge in [-0.15, -0.1) is 6.58 Å². The minimum atomic E-state index is -0.275. The number of H-pyrrole nitrogens is 1. The Labute approximate surface area is 144 Å². The first-order chi connectivity index (χ1) is 11.5. The van der Waals surface area contributed by atoms with Gasteiger partial charge in [-0.05, 0) is 25.0 Å². The number of benzene rings is 1. The van der Waals surface area contributed by atoms with E-state index in [1.807, 2.05) is 32.0 Å². The lowest BCUT2D eigenvalue weighted by molar-refractivity contribution is -0.116. The third-order valence-corrected chi connectivity index (χ3v) is 4.95. The molecule has 0 bridgehead atoms. The van der Waals surface area contributed by atoms with Gasteiger partial charge in [0.05, 0.1) is 5.56 Å². The number of aryl methyl sites for hydroxylation is 2. The highest BCUT2D eigenvalue weighted by molar-refractivity contribution is 7.99. The van der Waals surface area contributed by atoms with Crippen molar-refractivity contribution in [1.82, 2.24) is 9.97 Å². The Morgan fingerprint density at radius 2 is 2.17 bits per heavy atom. The Balaban J connectivity index is 2.13. The lowest BCUT2D eigenvalue weighted by Gasteiger charge is -2.26. The van der Waals surface area contributed by atoms with Crippen LogP contribution in [0.5, 0.6) is 0 Å². The molecule has 0 unspecified atom stereocenters. The van der Waals surface area contributed by atoms with E-state index in [4.69, 9.17) is 0 Å². The normalized spacial score (nSPS) is 16.4. The van der Waals surface area contributed by atoms with Gasteiger partial charge in [-0.25, -0.2) is 4.98 Å². The number of nitrogens with one attached hydrogen (secondary N) is 2. The highest BCUT2D eigenvalue weighted by Gasteiger charge is 2.31. The number of nitrogens with zero attached hydrogens (tertiary/aromatic N) is 1. The average molecular weight is 341 g/mol. The largest absolute Gasteiger partial charge is 0.310 e. The number of rotatable bonds is 4. The predicted octanol–water partition coefficient (Wildman–Crippen LogP) is 3.14. The minimum Gasteiger partial charge on any atom is -0.310 e. The summed E-state index contributed by atoms with van der Waals surface area (Å²) >= 11 is 1.38. The van der Waals surface area contributed by atoms with Crippen molar-refractivity contribution < 1.29 is 4.79 Å². The summed E-state index contributed by atoms with van der Waals surface area (Å²) in [6, 6.07) is 6.09. The number of thioether (sulfide) groups is 1. The third-order valence-electron chi connectivity index (χ3n) is 4.08. The maximum atomic E-state index is 12.6. The Hall–Kier alpha value is -2.34. The summed E-state index contributed by atoms with van der Waals surface area (Å²) in [6.45, 7) is 7.66. The number of carbonyl (C=O) groups is 1. The van der Waals surface area contributed by atoms with Crippen LogP contribution in [0, 0.1) is 13.8 Å². The molecule has 1 aliphatic heterocycles. The lowest BCUT2D eigenvalue weighted by atomic mass is 9.84. The van der Waals surface area contributed by atoms with Gasteiger partial charge in [0.1, 0.15) is 5.82 Å². The molecule has 1 atom stereocenters. The van der Waals surface area contributed by atoms with Crippen LogP contribution < -0.4 is 10.9 Å². The number of amides is 1. The van der Waals surface area contributed by atoms with E-state index in [-0.39, 0.29) is 23.8 Å². The van der Waals surface area contributed by atoms with Gasteiger partial charge in [0.15, 0.2) is 5.16 Å². The van der Waals surface area contributed by atoms with Gasteiger partial charge in [0, 0.05) is 18.1 Å². The molecule has 0 saturated heterocycles. The maximum absolute atomic E-state index is 12.6. The van der Waals surface area contributed by atoms with Crippen molar-refractivity contribution in [3.8, 4) is 0 Å². The van der Waals surface area contributed by atoms with Crippen LogP contribution in [0.15, 0.2) is 40.8 Å². The zero-order valence-corrected chi connectivity index (χ0v) is 14.5. The molecule has 1 amide bonds. The molecule has 0 radical (unpaired) electrons. The number of hydrogen-bond donors (Lipinski definition) is 2. The first kappa shape index (κ1) is 16.5. The van der Waals surface area contributed by atoms with E-state index in [9.17, 15) is 9.59 Å². The third kappa shape index (κ3) is 3.14. The monoisotopic (exact) mass is 341 g/mol. The Bertz CT molecular complexity index is 873. The quantitative estimate of drug-likeness (QED) is 0.509. The second-order valence-electron chi connectivity index (χ2n) is 5.90. The van der Waals surface area contributed by atoms with Gasteiger partial charge in [0.2, 0.25) is 5.91 Å². The molecule has 2 aromatic rings. The molecule has 0 fully saturated rings. The minimum absolute atomic E-state index is 0.119. The zero-order valence-electron chi connectivity index (χ0n) is 13.7. The average Bonchev–Trinajstić information content (AvgIpc) is 2.54. The van der Waals surface area contributed by atoms with Gasteiger partial charge in [0.25, 0.3) is 5.56 Å². The topological polar surface area (TPSA) is 74.8 Å². The van der Waals surface area contributed by atoms with Crippen molar-refractivity contribution in [2.24, 2.45) is 0 Å². The van der Waals surface area contributed by atoms with E-state index in [0.29, 0.717) is 22.3 Å². The van der Waals surface area contributed by atoms with E-state index >= 15 is 0 Å². The van der Waals surface area contributed by atoms with Crippen LogP contribution in [0.3, 0.4) is 0 Å². The fourth-order valence-corrected chi connectivity index (χ4v) is 3.55. The number of aromatic amines is 1. The second-order valence-corrected chi connectivity index (χ2v) is 6.91. The standard InChI is InChI=1S/C18H19N3O2S/c1-4-7-24-18-20-16-15(17(23)21-18)13(9-14(22)19-16)12-8-10(2)5-6-11(12)3/h4-6,8,13H,1,7,9H2,2-3H3,(H2,19,20,21,22,23)/t13-/m1/s1. The molecular weight excluding hydrogens is 322 g/mol. The van der Waals surface area contributed by atoms with Crippen LogP contribution in [0.1, 0.15) is 34.6 Å². The first-order valence-electron chi connectivity index (χ1n) is 7.74. The van der Waals surface area contributed by atoms with Crippen LogP contribution in [0.4, 0.5) is 5.82 Å². The van der Waals surface area contributed by atoms with E-state index in [1.165, 1.54) is 11.8 Å². The molecular formula is C18H19N3O2S. The summed E-state index contributed by atoms with van der Waals surface area (Å²) in [6.07, 6.45) is 1.99. The molecule has 0 aliphatic carbocycles. The summed E-state index contributed by atoms with van der Waals surface area (Å²) in [7, 11) is 0. The molecule has 0 spiro atoms. The highest BCUT2D eigenvalue weighted by atomic mass is 32.2. The number of fused-ring (bicyclic) bond motifs is 1. The number of anilines is 1. The van der Waals surface area contributed by atoms with Gasteiger partial charge < -0.3 is 10.3 Å². The molecule has 6 heteroatoms. The molecule has 2 heterocycles. The zero-order chi connectivity index (χ0) is 17.3. The Kier molecular flexibility index (Phi) is 4.57. The molecule has 1 aromatic heterocycles. The van der Waals surface area contributed by atoms with Crippen LogP contribution in [-0.2, 0) is 4.79 Å². The van der Waals surface area contributed by atoms with Crippen molar-refractivity contribution in [2.45, 2.75) is 31.3 Å². The summed E-state index contributed by atoms with van der Waals surface area (Å²) in [5.41, 5.74) is 3.51. The van der Waals surface area contributed by atoms with E-state index in [1.54, 1.807) is 6.08 Å². The molecule has 2 N–H and O–H groups in total. The number of carbonyl (C=O) groups excluding carboxylic acids is 1. The van der Waals surface area contributed by atoms with Gasteiger partial charge in [-0.3, -0.25) is 9.59 Å². The number of aromatic nitrogens is 2. The molecule has 0 saturated carbocycles. The fraction of sp³-hybridized carbons (Fsp3) is 0.278. The van der Waals surface area contributed by atoms with Crippen molar-refractivity contribution in [1.29, 1.82) is 0 Å². The predicted molar refractivity (Wildman–Crippen MR) is 96.8 cm³/mol. The van der Waals surface area contributed by atoms with Gasteiger partial charge in [-0.2, -0.15) is 0 Å². The summed E-state index contributed by atoms with van der Waals surface area (Å²) in [5.74, 6) is 0.609. The van der Waals surface area contributed by atoms with Crippen molar-refractivity contribution >= 4 is 23.5 Å². The summed E-state index contributed by atoms with van der Waals surface area (Å²) in [5, 5.41) is 3.23. The van der Waals surface area contributed by atoms with Crippen molar-refractivity contribution in [3.63, 3.8) is 0 Å². The van der Waals surface area contributed by atoms with Gasteiger partial charge in [-0.1, -0.05) is 41.6 Å². The summed E-state index contributed by atoms with van der Waals surface area (Å²) < 4.78 is 0. The maximum Gasteiger partial charge on any atom is 0.257 e. The van der Waals surface area contributed by atoms with Crippen LogP contribution in [0.25, 0.3) is 0 Å². The fourth-order valence-electron chi connectivity index (χ4n) is 2.96. The first-order valence-corrected chi connectivity index (χ1v) is 8.73. The van der Waals surface area contributed by atoms with Crippen molar-refractivity contribution in [3.05, 3.63) is 63.5 Å². The van der Waals surface area contributed by atoms with Crippen LogP contribution in [0.2, 0.25) is 0 Å². The molecule has 124 valence electrons. The number of hydrogen-bond acceptors (Lipinski definition) is 4. The smallest absolute Gasteiger partial charge is 0.257 e. The lowest BCUT2D eigenvalue weighted by Crippen LogP contribution is -2.31. The van der Waals surface area contributed by atoms with E-state index in [2.05, 4.69) is 21.9 Å².